The van der Waals surface area contributed by atoms with Gasteiger partial charge in [0.1, 0.15) is 0 Å². The van der Waals surface area contributed by atoms with E-state index in [2.05, 4.69) is 34.5 Å². The third-order valence-corrected chi connectivity index (χ3v) is 8.69. The van der Waals surface area contributed by atoms with Gasteiger partial charge in [-0.3, -0.25) is 14.5 Å². The third-order valence-electron chi connectivity index (χ3n) is 8.44. The molecule has 2 aromatic carbocycles. The minimum Gasteiger partial charge on any atom is -0.339 e. The number of carbonyl (C=O) groups excluding carboxylic acids is 2. The van der Waals surface area contributed by atoms with Gasteiger partial charge in [0.2, 0.25) is 5.91 Å². The van der Waals surface area contributed by atoms with E-state index in [1.54, 1.807) is 24.3 Å². The predicted octanol–water partition coefficient (Wildman–Crippen LogP) is 5.95. The molecule has 0 aromatic heterocycles. The first-order chi connectivity index (χ1) is 17.0. The van der Waals surface area contributed by atoms with Crippen LogP contribution in [0.4, 0.5) is 5.69 Å². The van der Waals surface area contributed by atoms with Gasteiger partial charge in [0.05, 0.1) is 5.92 Å². The van der Waals surface area contributed by atoms with Crippen LogP contribution >= 0.6 is 11.6 Å². The summed E-state index contributed by atoms with van der Waals surface area (Å²) < 4.78 is 0. The van der Waals surface area contributed by atoms with Crippen LogP contribution in [0, 0.1) is 5.92 Å². The first kappa shape index (κ1) is 24.3. The van der Waals surface area contributed by atoms with Gasteiger partial charge in [-0.1, -0.05) is 30.2 Å². The monoisotopic (exact) mass is 493 g/mol. The van der Waals surface area contributed by atoms with Gasteiger partial charge in [-0.2, -0.15) is 0 Å². The minimum atomic E-state index is 0.0588. The molecular formula is C29H36ClN3O2. The van der Waals surface area contributed by atoms with Crippen LogP contribution in [0.5, 0.6) is 0 Å². The Balaban J connectivity index is 1.11. The number of piperidine rings is 1. The lowest BCUT2D eigenvalue weighted by Crippen LogP contribution is -2.39. The Bertz CT molecular complexity index is 1020. The van der Waals surface area contributed by atoms with E-state index in [9.17, 15) is 9.59 Å². The molecule has 1 aliphatic carbocycles. The number of fused-ring (bicyclic) bond motifs is 1. The first-order valence-electron chi connectivity index (χ1n) is 13.2. The minimum absolute atomic E-state index is 0.0588. The fourth-order valence-electron chi connectivity index (χ4n) is 6.28. The molecule has 2 aliphatic heterocycles. The summed E-state index contributed by atoms with van der Waals surface area (Å²) in [7, 11) is 1.91. The molecule has 6 heteroatoms. The summed E-state index contributed by atoms with van der Waals surface area (Å²) in [4.78, 5) is 30.1. The number of benzene rings is 2. The Labute approximate surface area is 213 Å². The average Bonchev–Trinajstić information content (AvgIpc) is 3.34. The second-order valence-electron chi connectivity index (χ2n) is 10.6. The molecule has 1 saturated carbocycles. The highest BCUT2D eigenvalue weighted by molar-refractivity contribution is 6.30. The summed E-state index contributed by atoms with van der Waals surface area (Å²) in [5.74, 6) is 0.839. The van der Waals surface area contributed by atoms with Crippen LogP contribution in [0.15, 0.2) is 48.5 Å². The van der Waals surface area contributed by atoms with Crippen molar-refractivity contribution in [1.82, 2.24) is 9.80 Å². The van der Waals surface area contributed by atoms with Gasteiger partial charge < -0.3 is 10.2 Å². The molecule has 0 spiro atoms. The molecule has 2 atom stereocenters. The number of nitrogens with one attached hydrogen (secondary N) is 1. The first-order valence-corrected chi connectivity index (χ1v) is 13.5. The van der Waals surface area contributed by atoms with Crippen LogP contribution in [0.3, 0.4) is 0 Å². The maximum absolute atomic E-state index is 12.8. The SMILES string of the molecule is CN(C(=O)c1ccc(Cl)cc1)C1CCC(c2ccc(NC(=O)[C@H]3C[C@H]4CCCCN4C3)cc2)CC1. The van der Waals surface area contributed by atoms with Crippen LogP contribution < -0.4 is 5.32 Å². The van der Waals surface area contributed by atoms with Gasteiger partial charge in [-0.25, -0.2) is 0 Å². The van der Waals surface area contributed by atoms with E-state index in [0.29, 0.717) is 22.5 Å². The fourth-order valence-corrected chi connectivity index (χ4v) is 6.41. The number of nitrogens with zero attached hydrogens (tertiary/aromatic N) is 2. The van der Waals surface area contributed by atoms with Gasteiger partial charge in [0, 0.05) is 41.9 Å². The third kappa shape index (κ3) is 5.57. The molecule has 2 saturated heterocycles. The number of hydrogen-bond donors (Lipinski definition) is 1. The number of rotatable bonds is 5. The van der Waals surface area contributed by atoms with Crippen LogP contribution in [-0.4, -0.2) is 53.8 Å². The molecule has 5 rings (SSSR count). The molecule has 2 heterocycles. The highest BCUT2D eigenvalue weighted by Gasteiger charge is 2.37. The van der Waals surface area contributed by atoms with E-state index in [1.807, 2.05) is 11.9 Å². The standard InChI is InChI=1S/C29H36ClN3O2/c1-32(29(35)22-5-11-24(30)12-6-22)26-15-9-21(10-16-26)20-7-13-25(14-8-20)31-28(34)23-18-27-4-2-3-17-33(27)19-23/h5-8,11-14,21,23,26-27H,2-4,9-10,15-19H2,1H3,(H,31,34)/t21?,23-,26?,27+/m0/s1. The van der Waals surface area contributed by atoms with Crippen LogP contribution in [0.25, 0.3) is 0 Å². The van der Waals surface area contributed by atoms with Crippen LogP contribution in [-0.2, 0) is 4.79 Å². The summed E-state index contributed by atoms with van der Waals surface area (Å²) in [6, 6.07) is 16.4. The maximum atomic E-state index is 12.8. The predicted molar refractivity (Wildman–Crippen MR) is 141 cm³/mol. The molecule has 1 N–H and O–H groups in total. The Morgan fingerprint density at radius 3 is 2.34 bits per heavy atom. The van der Waals surface area contributed by atoms with Crippen molar-refractivity contribution in [1.29, 1.82) is 0 Å². The van der Waals surface area contributed by atoms with Gasteiger partial charge in [0.25, 0.3) is 5.91 Å². The van der Waals surface area contributed by atoms with Gasteiger partial charge in [-0.15, -0.1) is 0 Å². The summed E-state index contributed by atoms with van der Waals surface area (Å²) in [6.45, 7) is 2.06. The van der Waals surface area contributed by atoms with E-state index >= 15 is 0 Å². The molecule has 186 valence electrons. The zero-order valence-electron chi connectivity index (χ0n) is 20.6. The summed E-state index contributed by atoms with van der Waals surface area (Å²) in [6.07, 6.45) is 8.93. The van der Waals surface area contributed by atoms with Crippen molar-refractivity contribution in [3.63, 3.8) is 0 Å². The van der Waals surface area contributed by atoms with Gasteiger partial charge >= 0.3 is 0 Å². The molecule has 2 aromatic rings. The average molecular weight is 494 g/mol. The fraction of sp³-hybridized carbons (Fsp3) is 0.517. The van der Waals surface area contributed by atoms with Gasteiger partial charge in [-0.05, 0) is 99.4 Å². The quantitative estimate of drug-likeness (QED) is 0.559. The number of halogens is 1. The maximum Gasteiger partial charge on any atom is 0.253 e. The molecule has 2 amide bonds. The molecule has 3 aliphatic rings. The lowest BCUT2D eigenvalue weighted by molar-refractivity contribution is -0.119. The number of amides is 2. The zero-order valence-corrected chi connectivity index (χ0v) is 21.3. The van der Waals surface area contributed by atoms with Crippen molar-refractivity contribution in [3.8, 4) is 0 Å². The van der Waals surface area contributed by atoms with E-state index in [0.717, 1.165) is 50.9 Å². The van der Waals surface area contributed by atoms with E-state index < -0.39 is 0 Å². The number of anilines is 1. The number of hydrogen-bond acceptors (Lipinski definition) is 3. The number of carbonyl (C=O) groups is 2. The van der Waals surface area contributed by atoms with Crippen molar-refractivity contribution >= 4 is 29.1 Å². The highest BCUT2D eigenvalue weighted by atomic mass is 35.5. The second kappa shape index (κ2) is 10.7. The van der Waals surface area contributed by atoms with E-state index in [-0.39, 0.29) is 23.8 Å². The van der Waals surface area contributed by atoms with Crippen molar-refractivity contribution < 1.29 is 9.59 Å². The van der Waals surface area contributed by atoms with Crippen LogP contribution in [0.1, 0.15) is 73.2 Å². The molecule has 3 fully saturated rings. The summed E-state index contributed by atoms with van der Waals surface area (Å²) >= 11 is 5.96. The zero-order chi connectivity index (χ0) is 24.4. The Kier molecular flexibility index (Phi) is 7.45. The Morgan fingerprint density at radius 1 is 0.943 bits per heavy atom. The Morgan fingerprint density at radius 2 is 1.66 bits per heavy atom. The van der Waals surface area contributed by atoms with Crippen molar-refractivity contribution in [2.24, 2.45) is 5.92 Å². The molecule has 0 bridgehead atoms. The largest absolute Gasteiger partial charge is 0.339 e. The van der Waals surface area contributed by atoms with Crippen molar-refractivity contribution in [3.05, 3.63) is 64.7 Å². The lowest BCUT2D eigenvalue weighted by Gasteiger charge is -2.35. The molecular weight excluding hydrogens is 458 g/mol. The highest BCUT2D eigenvalue weighted by Crippen LogP contribution is 2.36. The van der Waals surface area contributed by atoms with Crippen molar-refractivity contribution in [2.75, 3.05) is 25.5 Å². The normalized spacial score (nSPS) is 26.7. The van der Waals surface area contributed by atoms with E-state index in [4.69, 9.17) is 11.6 Å². The van der Waals surface area contributed by atoms with Crippen LogP contribution in [0.2, 0.25) is 5.02 Å². The van der Waals surface area contributed by atoms with Crippen molar-refractivity contribution in [2.45, 2.75) is 69.4 Å². The molecule has 0 radical (unpaired) electrons. The summed E-state index contributed by atoms with van der Waals surface area (Å²) in [5.41, 5.74) is 2.90. The smallest absolute Gasteiger partial charge is 0.253 e. The molecule has 5 nitrogen and oxygen atoms in total. The van der Waals surface area contributed by atoms with E-state index in [1.165, 1.54) is 24.8 Å². The van der Waals surface area contributed by atoms with Gasteiger partial charge in [0.15, 0.2) is 0 Å². The molecule has 0 unspecified atom stereocenters. The Hall–Kier alpha value is -2.37. The lowest BCUT2D eigenvalue weighted by atomic mass is 9.81. The second-order valence-corrected chi connectivity index (χ2v) is 11.1. The molecule has 35 heavy (non-hydrogen) atoms. The topological polar surface area (TPSA) is 52.7 Å². The summed E-state index contributed by atoms with van der Waals surface area (Å²) in [5, 5.41) is 3.80.